The van der Waals surface area contributed by atoms with Crippen LogP contribution >= 0.6 is 23.1 Å². The number of esters is 1. The number of hydrogen-bond donors (Lipinski definition) is 1. The summed E-state index contributed by atoms with van der Waals surface area (Å²) in [5.74, 6) is 0.203. The van der Waals surface area contributed by atoms with Crippen molar-refractivity contribution in [2.75, 3.05) is 19.4 Å². The lowest BCUT2D eigenvalue weighted by atomic mass is 10.1. The molecule has 0 spiro atoms. The SMILES string of the molecule is COC(=O)CCCCCCNC(=O)CSc1ncnc2sc(C)c(C)c12. The Morgan fingerprint density at radius 1 is 1.19 bits per heavy atom. The van der Waals surface area contributed by atoms with Crippen molar-refractivity contribution >= 4 is 45.2 Å². The number of hydrogen-bond acceptors (Lipinski definition) is 7. The highest BCUT2D eigenvalue weighted by atomic mass is 32.2. The van der Waals surface area contributed by atoms with E-state index in [4.69, 9.17) is 0 Å². The molecule has 2 heterocycles. The van der Waals surface area contributed by atoms with Gasteiger partial charge in [-0.3, -0.25) is 9.59 Å². The highest BCUT2D eigenvalue weighted by molar-refractivity contribution is 8.00. The summed E-state index contributed by atoms with van der Waals surface area (Å²) in [5.41, 5.74) is 1.19. The first kappa shape index (κ1) is 20.6. The first-order valence-corrected chi connectivity index (χ1v) is 10.5. The van der Waals surface area contributed by atoms with Crippen LogP contribution in [0.15, 0.2) is 11.4 Å². The van der Waals surface area contributed by atoms with Crippen LogP contribution < -0.4 is 5.32 Å². The Kier molecular flexibility index (Phi) is 8.31. The maximum absolute atomic E-state index is 12.0. The van der Waals surface area contributed by atoms with Crippen molar-refractivity contribution in [1.82, 2.24) is 15.3 Å². The minimum atomic E-state index is -0.162. The van der Waals surface area contributed by atoms with Crippen LogP contribution in [0.5, 0.6) is 0 Å². The van der Waals surface area contributed by atoms with Crippen molar-refractivity contribution in [2.24, 2.45) is 0 Å². The van der Waals surface area contributed by atoms with Gasteiger partial charge in [0, 0.05) is 23.2 Å². The third-order valence-corrected chi connectivity index (χ3v) is 6.23. The summed E-state index contributed by atoms with van der Waals surface area (Å²) in [5, 5.41) is 4.88. The molecule has 0 bridgehead atoms. The third kappa shape index (κ3) is 5.95. The molecule has 1 amide bonds. The third-order valence-electron chi connectivity index (χ3n) is 4.13. The number of carbonyl (C=O) groups excluding carboxylic acids is 2. The van der Waals surface area contributed by atoms with E-state index in [9.17, 15) is 9.59 Å². The van der Waals surface area contributed by atoms with Gasteiger partial charge in [0.2, 0.25) is 5.91 Å². The van der Waals surface area contributed by atoms with Crippen molar-refractivity contribution in [3.05, 3.63) is 16.8 Å². The monoisotopic (exact) mass is 395 g/mol. The normalized spacial score (nSPS) is 10.9. The second kappa shape index (κ2) is 10.5. The fourth-order valence-corrected chi connectivity index (χ4v) is 4.47. The Bertz CT molecular complexity index is 761. The predicted octanol–water partition coefficient (Wildman–Crippen LogP) is 3.64. The van der Waals surface area contributed by atoms with E-state index in [0.29, 0.717) is 18.7 Å². The first-order chi connectivity index (χ1) is 12.5. The number of methoxy groups -OCH3 is 1. The van der Waals surface area contributed by atoms with Crippen molar-refractivity contribution in [2.45, 2.75) is 51.0 Å². The molecular weight excluding hydrogens is 370 g/mol. The fourth-order valence-electron chi connectivity index (χ4n) is 2.52. The molecule has 2 rings (SSSR count). The van der Waals surface area contributed by atoms with Gasteiger partial charge in [-0.1, -0.05) is 24.6 Å². The minimum absolute atomic E-state index is 0.0147. The van der Waals surface area contributed by atoms with E-state index < -0.39 is 0 Å². The standard InChI is InChI=1S/C18H25N3O3S2/c1-12-13(2)26-18-16(12)17(20-11-21-18)25-10-14(22)19-9-7-5-4-6-8-15(23)24-3/h11H,4-10H2,1-3H3,(H,19,22). The number of fused-ring (bicyclic) bond motifs is 1. The Hall–Kier alpha value is -1.67. The smallest absolute Gasteiger partial charge is 0.305 e. The van der Waals surface area contributed by atoms with Crippen molar-refractivity contribution in [3.63, 3.8) is 0 Å². The molecule has 26 heavy (non-hydrogen) atoms. The van der Waals surface area contributed by atoms with Gasteiger partial charge in [0.25, 0.3) is 0 Å². The van der Waals surface area contributed by atoms with Crippen LogP contribution in [0.25, 0.3) is 10.2 Å². The highest BCUT2D eigenvalue weighted by Gasteiger charge is 2.13. The number of rotatable bonds is 10. The number of carbonyl (C=O) groups is 2. The van der Waals surface area contributed by atoms with Crippen LogP contribution in [0.2, 0.25) is 0 Å². The molecule has 0 aliphatic heterocycles. The number of nitrogens with zero attached hydrogens (tertiary/aromatic N) is 2. The molecule has 0 aliphatic rings. The summed E-state index contributed by atoms with van der Waals surface area (Å²) < 4.78 is 4.60. The maximum atomic E-state index is 12.0. The number of amides is 1. The van der Waals surface area contributed by atoms with Gasteiger partial charge in [-0.2, -0.15) is 0 Å². The van der Waals surface area contributed by atoms with Crippen LogP contribution in [0, 0.1) is 13.8 Å². The van der Waals surface area contributed by atoms with Gasteiger partial charge >= 0.3 is 5.97 Å². The average Bonchev–Trinajstić information content (AvgIpc) is 2.93. The largest absolute Gasteiger partial charge is 0.469 e. The fraction of sp³-hybridized carbons (Fsp3) is 0.556. The van der Waals surface area contributed by atoms with Crippen molar-refractivity contribution < 1.29 is 14.3 Å². The maximum Gasteiger partial charge on any atom is 0.305 e. The summed E-state index contributed by atoms with van der Waals surface area (Å²) in [6.45, 7) is 4.81. The summed E-state index contributed by atoms with van der Waals surface area (Å²) in [4.78, 5) is 33.9. The molecule has 0 aliphatic carbocycles. The molecule has 8 heteroatoms. The Balaban J connectivity index is 1.67. The molecule has 0 saturated heterocycles. The van der Waals surface area contributed by atoms with E-state index in [-0.39, 0.29) is 11.9 Å². The van der Waals surface area contributed by atoms with Crippen LogP contribution in [0.1, 0.15) is 42.5 Å². The summed E-state index contributed by atoms with van der Waals surface area (Å²) in [6.07, 6.45) is 5.73. The summed E-state index contributed by atoms with van der Waals surface area (Å²) in [6, 6.07) is 0. The van der Waals surface area contributed by atoms with Crippen LogP contribution in [-0.2, 0) is 14.3 Å². The predicted molar refractivity (Wildman–Crippen MR) is 106 cm³/mol. The van der Waals surface area contributed by atoms with Gasteiger partial charge in [-0.25, -0.2) is 9.97 Å². The molecule has 1 N–H and O–H groups in total. The molecule has 142 valence electrons. The van der Waals surface area contributed by atoms with E-state index in [1.54, 1.807) is 17.7 Å². The molecule has 0 unspecified atom stereocenters. The Morgan fingerprint density at radius 3 is 2.73 bits per heavy atom. The summed E-state index contributed by atoms with van der Waals surface area (Å²) in [7, 11) is 1.41. The van der Waals surface area contributed by atoms with E-state index in [0.717, 1.165) is 40.9 Å². The first-order valence-electron chi connectivity index (χ1n) is 8.70. The Morgan fingerprint density at radius 2 is 1.96 bits per heavy atom. The van der Waals surface area contributed by atoms with Gasteiger partial charge in [0.1, 0.15) is 16.2 Å². The molecular formula is C18H25N3O3S2. The average molecular weight is 396 g/mol. The number of ether oxygens (including phenoxy) is 1. The van der Waals surface area contributed by atoms with Crippen molar-refractivity contribution in [3.8, 4) is 0 Å². The van der Waals surface area contributed by atoms with Gasteiger partial charge in [0.05, 0.1) is 12.9 Å². The molecule has 2 aromatic rings. The number of aromatic nitrogens is 2. The van der Waals surface area contributed by atoms with Crippen molar-refractivity contribution in [1.29, 1.82) is 0 Å². The lowest BCUT2D eigenvalue weighted by Gasteiger charge is -2.06. The van der Waals surface area contributed by atoms with Crippen LogP contribution in [-0.4, -0.2) is 41.3 Å². The van der Waals surface area contributed by atoms with Gasteiger partial charge < -0.3 is 10.1 Å². The zero-order valence-electron chi connectivity index (χ0n) is 15.5. The van der Waals surface area contributed by atoms with E-state index >= 15 is 0 Å². The van der Waals surface area contributed by atoms with Crippen LogP contribution in [0.4, 0.5) is 0 Å². The van der Waals surface area contributed by atoms with Gasteiger partial charge in [-0.15, -0.1) is 11.3 Å². The molecule has 0 radical (unpaired) electrons. The lowest BCUT2D eigenvalue weighted by Crippen LogP contribution is -2.26. The molecule has 2 aromatic heterocycles. The zero-order valence-corrected chi connectivity index (χ0v) is 17.1. The number of nitrogens with one attached hydrogen (secondary N) is 1. The molecule has 0 saturated carbocycles. The second-order valence-electron chi connectivity index (χ2n) is 6.02. The second-order valence-corrected chi connectivity index (χ2v) is 8.19. The number of thioether (sulfide) groups is 1. The molecule has 0 aromatic carbocycles. The topological polar surface area (TPSA) is 81.2 Å². The zero-order chi connectivity index (χ0) is 18.9. The molecule has 0 atom stereocenters. The molecule has 6 nitrogen and oxygen atoms in total. The van der Waals surface area contributed by atoms with E-state index in [1.165, 1.54) is 29.3 Å². The highest BCUT2D eigenvalue weighted by Crippen LogP contribution is 2.34. The van der Waals surface area contributed by atoms with E-state index in [2.05, 4.69) is 33.9 Å². The van der Waals surface area contributed by atoms with E-state index in [1.807, 2.05) is 0 Å². The summed E-state index contributed by atoms with van der Waals surface area (Å²) >= 11 is 3.11. The Labute approximate surface area is 162 Å². The quantitative estimate of drug-likeness (QED) is 0.286. The number of unbranched alkanes of at least 4 members (excludes halogenated alkanes) is 3. The lowest BCUT2D eigenvalue weighted by molar-refractivity contribution is -0.140. The minimum Gasteiger partial charge on any atom is -0.469 e. The van der Waals surface area contributed by atoms with Crippen LogP contribution in [0.3, 0.4) is 0 Å². The van der Waals surface area contributed by atoms with Gasteiger partial charge in [-0.05, 0) is 32.3 Å². The van der Waals surface area contributed by atoms with Gasteiger partial charge in [0.15, 0.2) is 0 Å². The number of aryl methyl sites for hydroxylation is 2. The molecule has 0 fully saturated rings. The number of thiophene rings is 1.